The summed E-state index contributed by atoms with van der Waals surface area (Å²) in [5, 5.41) is 5.71. The zero-order chi connectivity index (χ0) is 23.9. The number of benzene rings is 1. The molecule has 0 saturated carbocycles. The summed E-state index contributed by atoms with van der Waals surface area (Å²) in [5.41, 5.74) is 1.42. The summed E-state index contributed by atoms with van der Waals surface area (Å²) < 4.78 is 5.36. The minimum Gasteiger partial charge on any atom is -0.444 e. The van der Waals surface area contributed by atoms with E-state index in [2.05, 4.69) is 10.6 Å². The van der Waals surface area contributed by atoms with Crippen molar-refractivity contribution in [2.45, 2.75) is 71.7 Å². The van der Waals surface area contributed by atoms with Crippen LogP contribution in [0.4, 0.5) is 4.79 Å². The third-order valence-corrected chi connectivity index (χ3v) is 5.96. The van der Waals surface area contributed by atoms with Gasteiger partial charge in [-0.1, -0.05) is 38.1 Å². The molecule has 1 aromatic carbocycles. The van der Waals surface area contributed by atoms with Crippen LogP contribution in [-0.4, -0.2) is 59.0 Å². The fourth-order valence-corrected chi connectivity index (χ4v) is 4.09. The highest BCUT2D eigenvalue weighted by molar-refractivity contribution is 7.98. The Bertz CT molecular complexity index is 807. The van der Waals surface area contributed by atoms with E-state index in [0.717, 1.165) is 23.3 Å². The van der Waals surface area contributed by atoms with Crippen LogP contribution in [-0.2, 0) is 27.3 Å². The minimum absolute atomic E-state index is 0.159. The highest BCUT2D eigenvalue weighted by atomic mass is 32.2. The molecule has 178 valence electrons. The number of ether oxygens (including phenoxy) is 1. The first kappa shape index (κ1) is 26.0. The van der Waals surface area contributed by atoms with E-state index < -0.39 is 23.8 Å². The number of alkyl carbamates (subject to hydrolysis) is 1. The number of amides is 3. The molecule has 0 saturated heterocycles. The third kappa shape index (κ3) is 7.43. The summed E-state index contributed by atoms with van der Waals surface area (Å²) in [7, 11) is 0. The molecule has 1 aromatic rings. The molecule has 32 heavy (non-hydrogen) atoms. The lowest BCUT2D eigenvalue weighted by Crippen LogP contribution is -2.59. The molecule has 0 aliphatic carbocycles. The zero-order valence-corrected chi connectivity index (χ0v) is 20.9. The van der Waals surface area contributed by atoms with Crippen molar-refractivity contribution in [3.8, 4) is 0 Å². The van der Waals surface area contributed by atoms with Crippen molar-refractivity contribution >= 4 is 29.7 Å². The van der Waals surface area contributed by atoms with Crippen molar-refractivity contribution in [1.29, 1.82) is 0 Å². The average Bonchev–Trinajstić information content (AvgIpc) is 2.72. The predicted octanol–water partition coefficient (Wildman–Crippen LogP) is 3.36. The van der Waals surface area contributed by atoms with Crippen LogP contribution in [0.2, 0.25) is 0 Å². The first-order chi connectivity index (χ1) is 15.0. The molecule has 1 aliphatic rings. The van der Waals surface area contributed by atoms with Crippen LogP contribution in [0.25, 0.3) is 0 Å². The first-order valence-corrected chi connectivity index (χ1v) is 12.6. The fourth-order valence-electron chi connectivity index (χ4n) is 3.66. The van der Waals surface area contributed by atoms with Crippen molar-refractivity contribution in [3.63, 3.8) is 0 Å². The Kier molecular flexibility index (Phi) is 9.43. The maximum atomic E-state index is 13.6. The summed E-state index contributed by atoms with van der Waals surface area (Å²) in [5.74, 6) is 0.363. The summed E-state index contributed by atoms with van der Waals surface area (Å²) in [6.07, 6.45) is 2.72. The summed E-state index contributed by atoms with van der Waals surface area (Å²) in [6.45, 7) is 9.97. The maximum absolute atomic E-state index is 13.6. The van der Waals surface area contributed by atoms with E-state index >= 15 is 0 Å². The van der Waals surface area contributed by atoms with E-state index in [4.69, 9.17) is 4.74 Å². The second-order valence-electron chi connectivity index (χ2n) is 9.46. The molecule has 0 fully saturated rings. The number of nitrogens with one attached hydrogen (secondary N) is 2. The zero-order valence-electron chi connectivity index (χ0n) is 20.1. The molecule has 0 bridgehead atoms. The smallest absolute Gasteiger partial charge is 0.408 e. The fraction of sp³-hybridized carbons (Fsp3) is 0.625. The highest BCUT2D eigenvalue weighted by Gasteiger charge is 2.39. The quantitative estimate of drug-likeness (QED) is 0.577. The van der Waals surface area contributed by atoms with Crippen LogP contribution in [0.3, 0.4) is 0 Å². The van der Waals surface area contributed by atoms with Gasteiger partial charge in [0, 0.05) is 19.5 Å². The summed E-state index contributed by atoms with van der Waals surface area (Å²) in [6, 6.07) is 6.46. The molecule has 2 atom stereocenters. The van der Waals surface area contributed by atoms with Gasteiger partial charge >= 0.3 is 6.09 Å². The lowest BCUT2D eigenvalue weighted by Gasteiger charge is -2.39. The molecule has 0 unspecified atom stereocenters. The van der Waals surface area contributed by atoms with E-state index in [0.29, 0.717) is 19.5 Å². The Labute approximate surface area is 196 Å². The van der Waals surface area contributed by atoms with Gasteiger partial charge in [-0.25, -0.2) is 4.79 Å². The van der Waals surface area contributed by atoms with Gasteiger partial charge in [-0.05, 0) is 56.2 Å². The molecule has 2 rings (SSSR count). The number of thioether (sulfide) groups is 1. The van der Waals surface area contributed by atoms with Gasteiger partial charge in [-0.15, -0.1) is 0 Å². The van der Waals surface area contributed by atoms with Crippen molar-refractivity contribution < 1.29 is 19.1 Å². The third-order valence-electron chi connectivity index (χ3n) is 5.26. The van der Waals surface area contributed by atoms with Crippen LogP contribution in [0.15, 0.2) is 24.3 Å². The van der Waals surface area contributed by atoms with Gasteiger partial charge < -0.3 is 20.3 Å². The predicted molar refractivity (Wildman–Crippen MR) is 128 cm³/mol. The number of carbonyl (C=O) groups is 3. The summed E-state index contributed by atoms with van der Waals surface area (Å²) >= 11 is 1.73. The monoisotopic (exact) mass is 463 g/mol. The van der Waals surface area contributed by atoms with Gasteiger partial charge in [0.2, 0.25) is 11.8 Å². The Morgan fingerprint density at radius 3 is 2.44 bits per heavy atom. The molecule has 0 radical (unpaired) electrons. The largest absolute Gasteiger partial charge is 0.444 e. The van der Waals surface area contributed by atoms with Crippen molar-refractivity contribution in [1.82, 2.24) is 15.5 Å². The van der Waals surface area contributed by atoms with Gasteiger partial charge in [0.25, 0.3) is 0 Å². The Morgan fingerprint density at radius 2 is 1.84 bits per heavy atom. The Balaban J connectivity index is 2.23. The van der Waals surface area contributed by atoms with E-state index in [9.17, 15) is 14.4 Å². The molecule has 2 N–H and O–H groups in total. The van der Waals surface area contributed by atoms with Crippen LogP contribution in [0.5, 0.6) is 0 Å². The minimum atomic E-state index is -0.790. The second kappa shape index (κ2) is 11.6. The number of hydrogen-bond acceptors (Lipinski definition) is 5. The number of carbonyl (C=O) groups excluding carboxylic acids is 3. The number of hydrogen-bond donors (Lipinski definition) is 2. The second-order valence-corrected chi connectivity index (χ2v) is 10.4. The van der Waals surface area contributed by atoms with Gasteiger partial charge in [0.05, 0.1) is 0 Å². The standard InChI is InChI=1S/C24H37N3O4S/c1-16(2)20(26-23(30)31-24(3,4)5)22(29)27-15-18-11-8-7-10-17(18)14-19(27)21(28)25-12-9-13-32-6/h7-8,10-11,16,19-20H,9,12-15H2,1-6H3,(H,25,28)(H,26,30)/t19-,20+/m1/s1. The molecule has 1 aliphatic heterocycles. The summed E-state index contributed by atoms with van der Waals surface area (Å²) in [4.78, 5) is 40.7. The average molecular weight is 464 g/mol. The molecule has 0 aromatic heterocycles. The molecular formula is C24H37N3O4S. The maximum Gasteiger partial charge on any atom is 0.408 e. The normalized spacial score (nSPS) is 16.8. The topological polar surface area (TPSA) is 87.7 Å². The van der Waals surface area contributed by atoms with E-state index in [1.54, 1.807) is 37.4 Å². The SMILES string of the molecule is CSCCCNC(=O)[C@H]1Cc2ccccc2CN1C(=O)[C@@H](NC(=O)OC(C)(C)C)C(C)C. The lowest BCUT2D eigenvalue weighted by atomic mass is 9.91. The number of fused-ring (bicyclic) bond motifs is 1. The van der Waals surface area contributed by atoms with E-state index in [1.807, 2.05) is 44.4 Å². The molecular weight excluding hydrogens is 426 g/mol. The molecule has 1 heterocycles. The van der Waals surface area contributed by atoms with Crippen molar-refractivity contribution in [3.05, 3.63) is 35.4 Å². The van der Waals surface area contributed by atoms with Crippen LogP contribution in [0, 0.1) is 5.92 Å². The molecule has 7 nitrogen and oxygen atoms in total. The number of nitrogens with zero attached hydrogens (tertiary/aromatic N) is 1. The van der Waals surface area contributed by atoms with Crippen molar-refractivity contribution in [2.75, 3.05) is 18.6 Å². The van der Waals surface area contributed by atoms with E-state index in [1.165, 1.54) is 0 Å². The molecule has 8 heteroatoms. The van der Waals surface area contributed by atoms with E-state index in [-0.39, 0.29) is 17.7 Å². The first-order valence-electron chi connectivity index (χ1n) is 11.2. The van der Waals surface area contributed by atoms with Gasteiger partial charge in [-0.2, -0.15) is 11.8 Å². The van der Waals surface area contributed by atoms with Gasteiger partial charge in [0.1, 0.15) is 17.7 Å². The molecule has 0 spiro atoms. The lowest BCUT2D eigenvalue weighted by molar-refractivity contribution is -0.144. The molecule has 3 amide bonds. The highest BCUT2D eigenvalue weighted by Crippen LogP contribution is 2.25. The van der Waals surface area contributed by atoms with Gasteiger partial charge in [0.15, 0.2) is 0 Å². The van der Waals surface area contributed by atoms with Crippen LogP contribution < -0.4 is 10.6 Å². The number of rotatable bonds is 8. The van der Waals surface area contributed by atoms with Crippen LogP contribution >= 0.6 is 11.8 Å². The van der Waals surface area contributed by atoms with Crippen molar-refractivity contribution in [2.24, 2.45) is 5.92 Å². The van der Waals surface area contributed by atoms with Crippen LogP contribution in [0.1, 0.15) is 52.2 Å². The Morgan fingerprint density at radius 1 is 1.19 bits per heavy atom. The van der Waals surface area contributed by atoms with Gasteiger partial charge in [-0.3, -0.25) is 9.59 Å². The Hall–Kier alpha value is -2.22.